The summed E-state index contributed by atoms with van der Waals surface area (Å²) in [4.78, 5) is 10.7. The van der Waals surface area contributed by atoms with Crippen molar-refractivity contribution in [3.05, 3.63) is 23.8 Å². The Balaban J connectivity index is 2.85. The molecule has 0 amide bonds. The lowest BCUT2D eigenvalue weighted by molar-refractivity contribution is 0.111. The Morgan fingerprint density at radius 3 is 2.87 bits per heavy atom. The molecule has 1 aromatic carbocycles. The second-order valence-corrected chi connectivity index (χ2v) is 2.92. The summed E-state index contributed by atoms with van der Waals surface area (Å²) in [6.07, 6.45) is 1.24. The van der Waals surface area contributed by atoms with E-state index in [4.69, 9.17) is 14.6 Å². The zero-order valence-corrected chi connectivity index (χ0v) is 8.60. The molecule has 0 atom stereocenters. The number of para-hydroxylation sites is 1. The summed E-state index contributed by atoms with van der Waals surface area (Å²) in [5.41, 5.74) is 0.451. The largest absolute Gasteiger partial charge is 0.493 e. The molecule has 1 rings (SSSR count). The van der Waals surface area contributed by atoms with Gasteiger partial charge < -0.3 is 14.6 Å². The van der Waals surface area contributed by atoms with Crippen molar-refractivity contribution in [3.63, 3.8) is 0 Å². The minimum Gasteiger partial charge on any atom is -0.493 e. The number of ether oxygens (including phenoxy) is 2. The third kappa shape index (κ3) is 2.95. The molecule has 0 unspecified atom stereocenters. The SMILES string of the molecule is COc1cccc(C=O)c1OCCCO. The number of carbonyl (C=O) groups excluding carboxylic acids is 1. The van der Waals surface area contributed by atoms with Gasteiger partial charge in [0.05, 0.1) is 19.3 Å². The number of aldehydes is 1. The quantitative estimate of drug-likeness (QED) is 0.567. The van der Waals surface area contributed by atoms with Crippen LogP contribution in [0.3, 0.4) is 0 Å². The van der Waals surface area contributed by atoms with Gasteiger partial charge in [0.1, 0.15) is 0 Å². The Labute approximate surface area is 88.4 Å². The lowest BCUT2D eigenvalue weighted by atomic mass is 10.2. The third-order valence-electron chi connectivity index (χ3n) is 1.91. The molecule has 15 heavy (non-hydrogen) atoms. The summed E-state index contributed by atoms with van der Waals surface area (Å²) in [5.74, 6) is 0.959. The average molecular weight is 210 g/mol. The number of aliphatic hydroxyl groups excluding tert-OH is 1. The van der Waals surface area contributed by atoms with E-state index in [9.17, 15) is 4.79 Å². The molecular weight excluding hydrogens is 196 g/mol. The number of hydrogen-bond donors (Lipinski definition) is 1. The summed E-state index contributed by atoms with van der Waals surface area (Å²) in [6, 6.07) is 5.10. The topological polar surface area (TPSA) is 55.8 Å². The number of benzene rings is 1. The Morgan fingerprint density at radius 2 is 2.27 bits per heavy atom. The van der Waals surface area contributed by atoms with Gasteiger partial charge in [-0.25, -0.2) is 0 Å². The fraction of sp³-hybridized carbons (Fsp3) is 0.364. The van der Waals surface area contributed by atoms with Crippen molar-refractivity contribution in [3.8, 4) is 11.5 Å². The van der Waals surface area contributed by atoms with E-state index in [1.54, 1.807) is 18.2 Å². The predicted octanol–water partition coefficient (Wildman–Crippen LogP) is 1.27. The molecule has 0 aliphatic heterocycles. The van der Waals surface area contributed by atoms with E-state index in [0.29, 0.717) is 30.1 Å². The van der Waals surface area contributed by atoms with Crippen molar-refractivity contribution in [2.24, 2.45) is 0 Å². The molecule has 0 saturated heterocycles. The Hall–Kier alpha value is -1.55. The van der Waals surface area contributed by atoms with Gasteiger partial charge in [-0.1, -0.05) is 6.07 Å². The minimum absolute atomic E-state index is 0.0611. The predicted molar refractivity (Wildman–Crippen MR) is 55.6 cm³/mol. The highest BCUT2D eigenvalue weighted by Crippen LogP contribution is 2.29. The van der Waals surface area contributed by atoms with Gasteiger partial charge in [-0.05, 0) is 12.1 Å². The molecule has 0 spiro atoms. The van der Waals surface area contributed by atoms with Gasteiger partial charge in [0.2, 0.25) is 0 Å². The number of methoxy groups -OCH3 is 1. The molecule has 0 aromatic heterocycles. The third-order valence-corrected chi connectivity index (χ3v) is 1.91. The van der Waals surface area contributed by atoms with E-state index in [2.05, 4.69) is 0 Å². The van der Waals surface area contributed by atoms with E-state index in [1.165, 1.54) is 7.11 Å². The fourth-order valence-corrected chi connectivity index (χ4v) is 1.18. The maximum Gasteiger partial charge on any atom is 0.171 e. The number of rotatable bonds is 6. The maximum absolute atomic E-state index is 10.7. The monoisotopic (exact) mass is 210 g/mol. The van der Waals surface area contributed by atoms with E-state index in [1.807, 2.05) is 0 Å². The van der Waals surface area contributed by atoms with E-state index in [0.717, 1.165) is 6.29 Å². The van der Waals surface area contributed by atoms with Crippen molar-refractivity contribution in [2.75, 3.05) is 20.3 Å². The van der Waals surface area contributed by atoms with Crippen molar-refractivity contribution in [1.82, 2.24) is 0 Å². The van der Waals surface area contributed by atoms with Crippen molar-refractivity contribution >= 4 is 6.29 Å². The lowest BCUT2D eigenvalue weighted by Crippen LogP contribution is -2.03. The second kappa shape index (κ2) is 6.03. The highest BCUT2D eigenvalue weighted by atomic mass is 16.5. The number of aliphatic hydroxyl groups is 1. The smallest absolute Gasteiger partial charge is 0.171 e. The van der Waals surface area contributed by atoms with E-state index in [-0.39, 0.29) is 6.61 Å². The van der Waals surface area contributed by atoms with Crippen molar-refractivity contribution in [2.45, 2.75) is 6.42 Å². The van der Waals surface area contributed by atoms with Gasteiger partial charge in [-0.2, -0.15) is 0 Å². The van der Waals surface area contributed by atoms with Crippen LogP contribution >= 0.6 is 0 Å². The zero-order valence-electron chi connectivity index (χ0n) is 8.60. The molecule has 0 radical (unpaired) electrons. The minimum atomic E-state index is 0.0611. The molecule has 0 aliphatic rings. The van der Waals surface area contributed by atoms with Gasteiger partial charge in [0.15, 0.2) is 17.8 Å². The summed E-state index contributed by atoms with van der Waals surface area (Å²) in [7, 11) is 1.52. The Bertz CT molecular complexity index is 322. The van der Waals surface area contributed by atoms with E-state index >= 15 is 0 Å². The van der Waals surface area contributed by atoms with Gasteiger partial charge in [0.25, 0.3) is 0 Å². The van der Waals surface area contributed by atoms with Crippen LogP contribution in [0.4, 0.5) is 0 Å². The maximum atomic E-state index is 10.7. The molecule has 0 saturated carbocycles. The van der Waals surface area contributed by atoms with Gasteiger partial charge in [0, 0.05) is 13.0 Å². The van der Waals surface area contributed by atoms with Crippen LogP contribution in [0.15, 0.2) is 18.2 Å². The Kier molecular flexibility index (Phi) is 4.63. The van der Waals surface area contributed by atoms with Crippen LogP contribution in [-0.2, 0) is 0 Å². The number of hydrogen-bond acceptors (Lipinski definition) is 4. The van der Waals surface area contributed by atoms with Gasteiger partial charge >= 0.3 is 0 Å². The summed E-state index contributed by atoms with van der Waals surface area (Å²) >= 11 is 0. The number of carbonyl (C=O) groups is 1. The van der Waals surface area contributed by atoms with Gasteiger partial charge in [-0.3, -0.25) is 4.79 Å². The van der Waals surface area contributed by atoms with Crippen LogP contribution in [0.2, 0.25) is 0 Å². The van der Waals surface area contributed by atoms with Crippen LogP contribution in [-0.4, -0.2) is 31.7 Å². The summed E-state index contributed by atoms with van der Waals surface area (Å²) in [6.45, 7) is 0.420. The highest BCUT2D eigenvalue weighted by molar-refractivity contribution is 5.81. The first-order valence-corrected chi connectivity index (χ1v) is 4.69. The second-order valence-electron chi connectivity index (χ2n) is 2.92. The van der Waals surface area contributed by atoms with Crippen molar-refractivity contribution in [1.29, 1.82) is 0 Å². The first-order valence-electron chi connectivity index (χ1n) is 4.69. The first kappa shape index (κ1) is 11.5. The summed E-state index contributed by atoms with van der Waals surface area (Å²) in [5, 5.41) is 8.62. The molecule has 0 fully saturated rings. The molecule has 4 heteroatoms. The van der Waals surface area contributed by atoms with Crippen LogP contribution in [0.5, 0.6) is 11.5 Å². The molecule has 0 bridgehead atoms. The average Bonchev–Trinajstić information content (AvgIpc) is 2.29. The standard InChI is InChI=1S/C11H14O4/c1-14-10-5-2-4-9(8-13)11(10)15-7-3-6-12/h2,4-5,8,12H,3,6-7H2,1H3. The molecule has 82 valence electrons. The van der Waals surface area contributed by atoms with Crippen LogP contribution < -0.4 is 9.47 Å². The molecule has 0 aliphatic carbocycles. The molecule has 1 N–H and O–H groups in total. The summed E-state index contributed by atoms with van der Waals surface area (Å²) < 4.78 is 10.4. The fourth-order valence-electron chi connectivity index (χ4n) is 1.18. The van der Waals surface area contributed by atoms with Gasteiger partial charge in [-0.15, -0.1) is 0 Å². The molecule has 4 nitrogen and oxygen atoms in total. The van der Waals surface area contributed by atoms with Crippen molar-refractivity contribution < 1.29 is 19.4 Å². The molecular formula is C11H14O4. The van der Waals surface area contributed by atoms with E-state index < -0.39 is 0 Å². The lowest BCUT2D eigenvalue weighted by Gasteiger charge is -2.11. The normalized spacial score (nSPS) is 9.73. The van der Waals surface area contributed by atoms with Crippen LogP contribution in [0.25, 0.3) is 0 Å². The Morgan fingerprint density at radius 1 is 1.47 bits per heavy atom. The first-order chi connectivity index (χ1) is 7.33. The zero-order chi connectivity index (χ0) is 11.1. The molecule has 0 heterocycles. The highest BCUT2D eigenvalue weighted by Gasteiger charge is 2.09. The van der Waals surface area contributed by atoms with Crippen LogP contribution in [0, 0.1) is 0 Å². The molecule has 1 aromatic rings. The van der Waals surface area contributed by atoms with Crippen LogP contribution in [0.1, 0.15) is 16.8 Å².